The van der Waals surface area contributed by atoms with Crippen LogP contribution in [0.2, 0.25) is 0 Å². The maximum Gasteiger partial charge on any atom is 0.0694 e. The van der Waals surface area contributed by atoms with Gasteiger partial charge in [0, 0.05) is 5.03 Å². The zero-order valence-corrected chi connectivity index (χ0v) is 10.2. The number of halogens is 1. The Kier molecular flexibility index (Phi) is 4.79. The van der Waals surface area contributed by atoms with Crippen LogP contribution in [0.4, 0.5) is 0 Å². The smallest absolute Gasteiger partial charge is 0.0694 e. The van der Waals surface area contributed by atoms with Crippen molar-refractivity contribution in [3.05, 3.63) is 35.9 Å². The van der Waals surface area contributed by atoms with Crippen molar-refractivity contribution < 1.29 is 0 Å². The number of rotatable bonds is 4. The minimum Gasteiger partial charge on any atom is -0.317 e. The summed E-state index contributed by atoms with van der Waals surface area (Å²) >= 11 is 5.74. The van der Waals surface area contributed by atoms with Crippen molar-refractivity contribution in [3.8, 4) is 6.07 Å². The molecule has 16 heavy (non-hydrogen) atoms. The van der Waals surface area contributed by atoms with E-state index in [4.69, 9.17) is 11.6 Å². The first-order valence-corrected chi connectivity index (χ1v) is 5.79. The molecule has 1 fully saturated rings. The van der Waals surface area contributed by atoms with Gasteiger partial charge in [0.25, 0.3) is 0 Å². The highest BCUT2D eigenvalue weighted by Gasteiger charge is 2.32. The third-order valence-corrected chi connectivity index (χ3v) is 3.05. The minimum absolute atomic E-state index is 0.266. The molecule has 1 aliphatic rings. The molecular formula is C13H17ClN2. The van der Waals surface area contributed by atoms with Crippen LogP contribution >= 0.6 is 11.6 Å². The van der Waals surface area contributed by atoms with Crippen molar-refractivity contribution in [3.63, 3.8) is 0 Å². The molecule has 0 radical (unpaired) electrons. The molecule has 0 unspecified atom stereocenters. The zero-order valence-electron chi connectivity index (χ0n) is 9.43. The fraction of sp³-hybridized carbons (Fsp3) is 0.462. The van der Waals surface area contributed by atoms with Gasteiger partial charge in [-0.2, -0.15) is 5.26 Å². The molecule has 0 atom stereocenters. The maximum absolute atomic E-state index is 9.33. The molecule has 0 amide bonds. The number of nitriles is 1. The highest BCUT2D eigenvalue weighted by Crippen LogP contribution is 2.35. The van der Waals surface area contributed by atoms with Crippen LogP contribution < -0.4 is 5.32 Å². The number of hydrogen-bond donors (Lipinski definition) is 1. The van der Waals surface area contributed by atoms with E-state index in [-0.39, 0.29) is 5.41 Å². The van der Waals surface area contributed by atoms with Crippen LogP contribution in [0.15, 0.2) is 35.9 Å². The molecule has 0 spiro atoms. The molecule has 0 aromatic heterocycles. The molecule has 86 valence electrons. The lowest BCUT2D eigenvalue weighted by atomic mass is 9.75. The third-order valence-electron chi connectivity index (χ3n) is 2.94. The van der Waals surface area contributed by atoms with Gasteiger partial charge in [0.2, 0.25) is 0 Å². The van der Waals surface area contributed by atoms with E-state index in [0.717, 1.165) is 31.5 Å². The number of allylic oxidation sites excluding steroid dienone is 4. The Labute approximate surface area is 102 Å². The molecule has 2 nitrogen and oxygen atoms in total. The largest absolute Gasteiger partial charge is 0.317 e. The van der Waals surface area contributed by atoms with E-state index in [2.05, 4.69) is 24.5 Å². The van der Waals surface area contributed by atoms with Crippen LogP contribution in [0.3, 0.4) is 0 Å². The first-order chi connectivity index (χ1) is 7.62. The summed E-state index contributed by atoms with van der Waals surface area (Å²) in [7, 11) is 0. The highest BCUT2D eigenvalue weighted by molar-refractivity contribution is 6.30. The van der Waals surface area contributed by atoms with Crippen LogP contribution in [0, 0.1) is 16.7 Å². The van der Waals surface area contributed by atoms with Crippen LogP contribution in [0.5, 0.6) is 0 Å². The van der Waals surface area contributed by atoms with Crippen molar-refractivity contribution >= 4 is 11.6 Å². The van der Waals surface area contributed by atoms with Crippen molar-refractivity contribution in [1.29, 1.82) is 5.26 Å². The normalized spacial score (nSPS) is 19.9. The van der Waals surface area contributed by atoms with E-state index in [9.17, 15) is 5.26 Å². The van der Waals surface area contributed by atoms with Crippen molar-refractivity contribution in [2.45, 2.75) is 19.3 Å². The molecule has 0 saturated carbocycles. The van der Waals surface area contributed by atoms with E-state index in [0.29, 0.717) is 11.5 Å². The second kappa shape index (κ2) is 5.89. The summed E-state index contributed by atoms with van der Waals surface area (Å²) < 4.78 is 0. The fourth-order valence-corrected chi connectivity index (χ4v) is 2.15. The lowest BCUT2D eigenvalue weighted by Crippen LogP contribution is -2.36. The SMILES string of the molecule is C=C/C(=C\C(=C)Cl)CC1(C#N)CCNCC1. The average molecular weight is 237 g/mol. The Hall–Kier alpha value is -1.04. The van der Waals surface area contributed by atoms with Gasteiger partial charge in [-0.25, -0.2) is 0 Å². The van der Waals surface area contributed by atoms with Gasteiger partial charge in [-0.3, -0.25) is 0 Å². The maximum atomic E-state index is 9.33. The minimum atomic E-state index is -0.266. The topological polar surface area (TPSA) is 35.8 Å². The van der Waals surface area contributed by atoms with E-state index in [1.165, 1.54) is 0 Å². The lowest BCUT2D eigenvalue weighted by Gasteiger charge is -2.31. The predicted octanol–water partition coefficient (Wildman–Crippen LogP) is 3.13. The molecule has 0 aromatic carbocycles. The second-order valence-corrected chi connectivity index (χ2v) is 4.67. The Morgan fingerprint density at radius 2 is 2.12 bits per heavy atom. The summed E-state index contributed by atoms with van der Waals surface area (Å²) in [4.78, 5) is 0. The Morgan fingerprint density at radius 1 is 1.50 bits per heavy atom. The summed E-state index contributed by atoms with van der Waals surface area (Å²) in [5, 5.41) is 13.1. The molecule has 0 bridgehead atoms. The fourth-order valence-electron chi connectivity index (χ4n) is 2.01. The Morgan fingerprint density at radius 3 is 2.56 bits per heavy atom. The van der Waals surface area contributed by atoms with Crippen molar-refractivity contribution in [2.75, 3.05) is 13.1 Å². The van der Waals surface area contributed by atoms with E-state index in [1.54, 1.807) is 12.2 Å². The summed E-state index contributed by atoms with van der Waals surface area (Å²) in [5.74, 6) is 0. The van der Waals surface area contributed by atoms with Crippen LogP contribution in [0.25, 0.3) is 0 Å². The summed E-state index contributed by atoms with van der Waals surface area (Å²) in [5.41, 5.74) is 0.723. The van der Waals surface area contributed by atoms with Gasteiger partial charge >= 0.3 is 0 Å². The molecule has 0 aromatic rings. The standard InChI is InChI=1S/C13H17ClN2/c1-3-12(8-11(2)14)9-13(10-15)4-6-16-7-5-13/h3,8,16H,1-2,4-7,9H2/b12-8+. The number of piperidine rings is 1. The predicted molar refractivity (Wildman–Crippen MR) is 68.0 cm³/mol. The van der Waals surface area contributed by atoms with Gasteiger partial charge < -0.3 is 5.32 Å². The molecule has 3 heteroatoms. The molecule has 1 saturated heterocycles. The first-order valence-electron chi connectivity index (χ1n) is 5.41. The van der Waals surface area contributed by atoms with Crippen LogP contribution in [0.1, 0.15) is 19.3 Å². The molecule has 1 heterocycles. The quantitative estimate of drug-likeness (QED) is 0.762. The molecular weight excluding hydrogens is 220 g/mol. The molecule has 1 aliphatic heterocycles. The molecule has 1 N–H and O–H groups in total. The third kappa shape index (κ3) is 3.52. The second-order valence-electron chi connectivity index (χ2n) is 4.19. The van der Waals surface area contributed by atoms with Gasteiger partial charge in [-0.1, -0.05) is 30.8 Å². The Balaban J connectivity index is 2.79. The number of hydrogen-bond acceptors (Lipinski definition) is 2. The zero-order chi connectivity index (χ0) is 12.0. The van der Waals surface area contributed by atoms with Crippen molar-refractivity contribution in [1.82, 2.24) is 5.32 Å². The summed E-state index contributed by atoms with van der Waals surface area (Å²) in [6.45, 7) is 9.19. The highest BCUT2D eigenvalue weighted by atomic mass is 35.5. The first kappa shape index (κ1) is 13.0. The van der Waals surface area contributed by atoms with E-state index < -0.39 is 0 Å². The van der Waals surface area contributed by atoms with Gasteiger partial charge in [-0.15, -0.1) is 0 Å². The molecule has 1 rings (SSSR count). The van der Waals surface area contributed by atoms with E-state index in [1.807, 2.05) is 0 Å². The number of nitrogens with zero attached hydrogens (tertiary/aromatic N) is 1. The number of nitrogens with one attached hydrogen (secondary N) is 1. The van der Waals surface area contributed by atoms with Crippen LogP contribution in [-0.4, -0.2) is 13.1 Å². The van der Waals surface area contributed by atoms with Gasteiger partial charge in [0.15, 0.2) is 0 Å². The van der Waals surface area contributed by atoms with E-state index >= 15 is 0 Å². The average Bonchev–Trinajstić information content (AvgIpc) is 2.29. The van der Waals surface area contributed by atoms with Gasteiger partial charge in [0.05, 0.1) is 11.5 Å². The monoisotopic (exact) mass is 236 g/mol. The van der Waals surface area contributed by atoms with Gasteiger partial charge in [0.1, 0.15) is 0 Å². The Bertz CT molecular complexity index is 343. The summed E-state index contributed by atoms with van der Waals surface area (Å²) in [6, 6.07) is 2.45. The van der Waals surface area contributed by atoms with Crippen LogP contribution in [-0.2, 0) is 0 Å². The lowest BCUT2D eigenvalue weighted by molar-refractivity contribution is 0.281. The van der Waals surface area contributed by atoms with Crippen molar-refractivity contribution in [2.24, 2.45) is 5.41 Å². The summed E-state index contributed by atoms with van der Waals surface area (Å²) in [6.07, 6.45) is 6.01. The molecule has 0 aliphatic carbocycles. The van der Waals surface area contributed by atoms with Gasteiger partial charge in [-0.05, 0) is 44.0 Å².